The summed E-state index contributed by atoms with van der Waals surface area (Å²) in [5.74, 6) is 1.04. The SMILES string of the molecule is OC1CCCCCC1c1nc(-c2ccoc2)no1. The molecule has 3 rings (SSSR count). The van der Waals surface area contributed by atoms with E-state index in [9.17, 15) is 5.11 Å². The maximum Gasteiger partial charge on any atom is 0.232 e. The summed E-state index contributed by atoms with van der Waals surface area (Å²) in [4.78, 5) is 4.37. The minimum atomic E-state index is -0.370. The molecule has 1 fully saturated rings. The van der Waals surface area contributed by atoms with E-state index < -0.39 is 0 Å². The third kappa shape index (κ3) is 2.18. The molecule has 5 nitrogen and oxygen atoms in total. The molecule has 1 N–H and O–H groups in total. The fraction of sp³-hybridized carbons (Fsp3) is 0.538. The van der Waals surface area contributed by atoms with Crippen LogP contribution in [0.5, 0.6) is 0 Å². The summed E-state index contributed by atoms with van der Waals surface area (Å²) in [5, 5.41) is 14.0. The molecular weight excluding hydrogens is 232 g/mol. The zero-order valence-corrected chi connectivity index (χ0v) is 10.1. The summed E-state index contributed by atoms with van der Waals surface area (Å²) in [6.45, 7) is 0. The molecule has 18 heavy (non-hydrogen) atoms. The molecule has 2 aromatic heterocycles. The van der Waals surface area contributed by atoms with Gasteiger partial charge in [-0.2, -0.15) is 4.98 Å². The Kier molecular flexibility index (Phi) is 3.15. The quantitative estimate of drug-likeness (QED) is 0.827. The minimum absolute atomic E-state index is 0.0272. The van der Waals surface area contributed by atoms with Gasteiger partial charge in [-0.05, 0) is 18.9 Å². The number of aliphatic hydroxyl groups excluding tert-OH is 1. The molecule has 2 heterocycles. The normalized spacial score (nSPS) is 24.9. The maximum absolute atomic E-state index is 10.1. The van der Waals surface area contributed by atoms with Gasteiger partial charge in [0.05, 0.1) is 23.8 Å². The Morgan fingerprint density at radius 2 is 2.11 bits per heavy atom. The highest BCUT2D eigenvalue weighted by Gasteiger charge is 2.28. The monoisotopic (exact) mass is 248 g/mol. The average Bonchev–Trinajstić information content (AvgIpc) is 3.00. The highest BCUT2D eigenvalue weighted by Crippen LogP contribution is 2.32. The Morgan fingerprint density at radius 3 is 2.94 bits per heavy atom. The van der Waals surface area contributed by atoms with E-state index >= 15 is 0 Å². The topological polar surface area (TPSA) is 72.3 Å². The van der Waals surface area contributed by atoms with Crippen LogP contribution in [-0.4, -0.2) is 21.4 Å². The van der Waals surface area contributed by atoms with Crippen LogP contribution >= 0.6 is 0 Å². The van der Waals surface area contributed by atoms with E-state index in [-0.39, 0.29) is 12.0 Å². The summed E-state index contributed by atoms with van der Waals surface area (Å²) in [7, 11) is 0. The zero-order chi connectivity index (χ0) is 12.4. The van der Waals surface area contributed by atoms with Crippen molar-refractivity contribution in [3.63, 3.8) is 0 Å². The molecular formula is C13H16N2O3. The summed E-state index contributed by atoms with van der Waals surface area (Å²) < 4.78 is 10.3. The van der Waals surface area contributed by atoms with Crippen molar-refractivity contribution in [1.82, 2.24) is 10.1 Å². The van der Waals surface area contributed by atoms with Gasteiger partial charge in [0.15, 0.2) is 0 Å². The average molecular weight is 248 g/mol. The molecule has 96 valence electrons. The molecule has 5 heteroatoms. The molecule has 0 amide bonds. The number of hydrogen-bond acceptors (Lipinski definition) is 5. The van der Waals surface area contributed by atoms with E-state index in [4.69, 9.17) is 8.94 Å². The largest absolute Gasteiger partial charge is 0.472 e. The fourth-order valence-electron chi connectivity index (χ4n) is 2.47. The lowest BCUT2D eigenvalue weighted by molar-refractivity contribution is 0.119. The van der Waals surface area contributed by atoms with Crippen molar-refractivity contribution in [2.24, 2.45) is 0 Å². The van der Waals surface area contributed by atoms with E-state index in [2.05, 4.69) is 10.1 Å². The van der Waals surface area contributed by atoms with E-state index in [1.807, 2.05) is 0 Å². The predicted octanol–water partition coefficient (Wildman–Crippen LogP) is 2.74. The Labute approximate surface area is 105 Å². The van der Waals surface area contributed by atoms with Gasteiger partial charge in [0.2, 0.25) is 11.7 Å². The highest BCUT2D eigenvalue weighted by molar-refractivity contribution is 5.51. The van der Waals surface area contributed by atoms with Crippen molar-refractivity contribution < 1.29 is 14.0 Å². The predicted molar refractivity (Wildman–Crippen MR) is 63.8 cm³/mol. The van der Waals surface area contributed by atoms with Gasteiger partial charge in [0, 0.05) is 0 Å². The van der Waals surface area contributed by atoms with E-state index in [1.165, 1.54) is 0 Å². The van der Waals surface area contributed by atoms with Crippen LogP contribution < -0.4 is 0 Å². The van der Waals surface area contributed by atoms with Crippen LogP contribution in [0, 0.1) is 0 Å². The van der Waals surface area contributed by atoms with Crippen molar-refractivity contribution >= 4 is 0 Å². The number of aromatic nitrogens is 2. The second-order valence-corrected chi connectivity index (χ2v) is 4.78. The van der Waals surface area contributed by atoms with Gasteiger partial charge < -0.3 is 14.0 Å². The number of aliphatic hydroxyl groups is 1. The second kappa shape index (κ2) is 4.94. The minimum Gasteiger partial charge on any atom is -0.472 e. The van der Waals surface area contributed by atoms with Gasteiger partial charge in [-0.1, -0.05) is 24.4 Å². The van der Waals surface area contributed by atoms with E-state index in [0.717, 1.165) is 37.7 Å². The van der Waals surface area contributed by atoms with Crippen LogP contribution in [-0.2, 0) is 0 Å². The van der Waals surface area contributed by atoms with E-state index in [0.29, 0.717) is 11.7 Å². The van der Waals surface area contributed by atoms with Crippen molar-refractivity contribution in [3.8, 4) is 11.4 Å². The van der Waals surface area contributed by atoms with Crippen LogP contribution in [0.3, 0.4) is 0 Å². The molecule has 0 spiro atoms. The Balaban J connectivity index is 1.83. The lowest BCUT2D eigenvalue weighted by Crippen LogP contribution is -2.17. The first-order chi connectivity index (χ1) is 8.84. The van der Waals surface area contributed by atoms with Gasteiger partial charge in [-0.25, -0.2) is 0 Å². The third-order valence-electron chi connectivity index (χ3n) is 3.52. The standard InChI is InChI=1S/C13H16N2O3/c16-11-5-3-1-2-4-10(11)13-14-12(15-18-13)9-6-7-17-8-9/h6-8,10-11,16H,1-5H2. The number of furan rings is 1. The van der Waals surface area contributed by atoms with Gasteiger partial charge in [0.25, 0.3) is 0 Å². The first-order valence-corrected chi connectivity index (χ1v) is 6.39. The van der Waals surface area contributed by atoms with Crippen molar-refractivity contribution in [2.45, 2.75) is 44.1 Å². The van der Waals surface area contributed by atoms with Crippen LogP contribution in [0.15, 0.2) is 27.5 Å². The van der Waals surface area contributed by atoms with Crippen LogP contribution in [0.25, 0.3) is 11.4 Å². The molecule has 0 aliphatic heterocycles. The van der Waals surface area contributed by atoms with Gasteiger partial charge in [-0.15, -0.1) is 0 Å². The van der Waals surface area contributed by atoms with Gasteiger partial charge in [-0.3, -0.25) is 0 Å². The first-order valence-electron chi connectivity index (χ1n) is 6.39. The molecule has 0 aromatic carbocycles. The molecule has 1 aliphatic rings. The molecule has 0 bridgehead atoms. The lowest BCUT2D eigenvalue weighted by atomic mass is 9.97. The third-order valence-corrected chi connectivity index (χ3v) is 3.52. The van der Waals surface area contributed by atoms with Crippen molar-refractivity contribution in [3.05, 3.63) is 24.5 Å². The Morgan fingerprint density at radius 1 is 1.22 bits per heavy atom. The summed E-state index contributed by atoms with van der Waals surface area (Å²) in [6.07, 6.45) is 7.85. The van der Waals surface area contributed by atoms with Crippen molar-refractivity contribution in [1.29, 1.82) is 0 Å². The summed E-state index contributed by atoms with van der Waals surface area (Å²) in [6, 6.07) is 1.79. The number of nitrogens with zero attached hydrogens (tertiary/aromatic N) is 2. The second-order valence-electron chi connectivity index (χ2n) is 4.78. The molecule has 1 aliphatic carbocycles. The molecule has 2 unspecified atom stereocenters. The number of rotatable bonds is 2. The first kappa shape index (κ1) is 11.5. The smallest absolute Gasteiger partial charge is 0.232 e. The van der Waals surface area contributed by atoms with Crippen LogP contribution in [0.4, 0.5) is 0 Å². The fourth-order valence-corrected chi connectivity index (χ4v) is 2.47. The Hall–Kier alpha value is -1.62. The molecule has 2 atom stereocenters. The summed E-state index contributed by atoms with van der Waals surface area (Å²) >= 11 is 0. The zero-order valence-electron chi connectivity index (χ0n) is 10.1. The number of hydrogen-bond donors (Lipinski definition) is 1. The van der Waals surface area contributed by atoms with Crippen LogP contribution in [0.1, 0.15) is 43.9 Å². The summed E-state index contributed by atoms with van der Waals surface area (Å²) in [5.41, 5.74) is 0.799. The molecule has 0 radical (unpaired) electrons. The molecule has 1 saturated carbocycles. The highest BCUT2D eigenvalue weighted by atomic mass is 16.5. The molecule has 2 aromatic rings. The van der Waals surface area contributed by atoms with Gasteiger partial charge >= 0.3 is 0 Å². The Bertz CT molecular complexity index is 492. The van der Waals surface area contributed by atoms with Crippen LogP contribution in [0.2, 0.25) is 0 Å². The van der Waals surface area contributed by atoms with Crippen molar-refractivity contribution in [2.75, 3.05) is 0 Å². The van der Waals surface area contributed by atoms with Gasteiger partial charge in [0.1, 0.15) is 6.26 Å². The van der Waals surface area contributed by atoms with E-state index in [1.54, 1.807) is 18.6 Å². The maximum atomic E-state index is 10.1. The lowest BCUT2D eigenvalue weighted by Gasteiger charge is -2.15. The molecule has 0 saturated heterocycles.